The molecule has 1 aliphatic carbocycles. The second kappa shape index (κ2) is 6.82. The molecule has 2 atom stereocenters. The van der Waals surface area contributed by atoms with Gasteiger partial charge in [-0.05, 0) is 44.6 Å². The predicted octanol–water partition coefficient (Wildman–Crippen LogP) is 3.01. The van der Waals surface area contributed by atoms with E-state index in [-0.39, 0.29) is 11.7 Å². The zero-order valence-corrected chi connectivity index (χ0v) is 15.9. The topological polar surface area (TPSA) is 56.6 Å². The molecule has 27 heavy (non-hydrogen) atoms. The van der Waals surface area contributed by atoms with Crippen molar-refractivity contribution in [3.05, 3.63) is 28.7 Å². The summed E-state index contributed by atoms with van der Waals surface area (Å²) < 4.78 is 14.1. The molecule has 1 aromatic heterocycles. The van der Waals surface area contributed by atoms with Crippen molar-refractivity contribution in [3.63, 3.8) is 0 Å². The summed E-state index contributed by atoms with van der Waals surface area (Å²) in [5.41, 5.74) is 2.64. The number of fused-ring (bicyclic) bond motifs is 3. The van der Waals surface area contributed by atoms with Gasteiger partial charge in [-0.1, -0.05) is 6.42 Å². The van der Waals surface area contributed by atoms with Crippen molar-refractivity contribution in [1.82, 2.24) is 9.55 Å². The molecule has 5 rings (SSSR count). The molecule has 6 heteroatoms. The Morgan fingerprint density at radius 2 is 1.81 bits per heavy atom. The lowest BCUT2D eigenvalue weighted by molar-refractivity contribution is 0.0305. The molecule has 0 amide bonds. The number of nitrogens with zero attached hydrogens (tertiary/aromatic N) is 3. The first kappa shape index (κ1) is 17.0. The van der Waals surface area contributed by atoms with Crippen LogP contribution in [-0.4, -0.2) is 41.0 Å². The van der Waals surface area contributed by atoms with Crippen molar-refractivity contribution < 1.29 is 9.47 Å². The third kappa shape index (κ3) is 3.20. The Hall–Kier alpha value is -2.08. The van der Waals surface area contributed by atoms with E-state index < -0.39 is 0 Å². The maximum Gasteiger partial charge on any atom is 0.269 e. The Morgan fingerprint density at radius 1 is 1.07 bits per heavy atom. The summed E-state index contributed by atoms with van der Waals surface area (Å²) in [7, 11) is 1.80. The largest absolute Gasteiger partial charge is 0.488 e. The Morgan fingerprint density at radius 3 is 2.56 bits per heavy atom. The molecule has 6 nitrogen and oxygen atoms in total. The highest BCUT2D eigenvalue weighted by molar-refractivity contribution is 5.86. The number of hydrogen-bond donors (Lipinski definition) is 0. The minimum Gasteiger partial charge on any atom is -0.488 e. The van der Waals surface area contributed by atoms with Crippen LogP contribution in [0.15, 0.2) is 23.1 Å². The summed E-state index contributed by atoms with van der Waals surface area (Å²) in [5, 5.41) is 0. The Kier molecular flexibility index (Phi) is 4.31. The number of benzene rings is 1. The van der Waals surface area contributed by atoms with Gasteiger partial charge in [0.2, 0.25) is 0 Å². The molecule has 144 valence electrons. The van der Waals surface area contributed by atoms with Gasteiger partial charge in [0.05, 0.1) is 30.0 Å². The monoisotopic (exact) mass is 369 g/mol. The highest BCUT2D eigenvalue weighted by atomic mass is 16.5. The lowest BCUT2D eigenvalue weighted by atomic mass is 9.98. The average Bonchev–Trinajstić information content (AvgIpc) is 3.03. The van der Waals surface area contributed by atoms with Gasteiger partial charge in [-0.2, -0.15) is 0 Å². The summed E-state index contributed by atoms with van der Waals surface area (Å²) in [5.74, 6) is 0.793. The summed E-state index contributed by atoms with van der Waals surface area (Å²) in [6.45, 7) is 1.83. The van der Waals surface area contributed by atoms with Gasteiger partial charge in [0.1, 0.15) is 11.3 Å². The lowest BCUT2D eigenvalue weighted by Gasteiger charge is -2.34. The van der Waals surface area contributed by atoms with Gasteiger partial charge < -0.3 is 18.9 Å². The van der Waals surface area contributed by atoms with Gasteiger partial charge in [-0.15, -0.1) is 0 Å². The van der Waals surface area contributed by atoms with Crippen LogP contribution < -0.4 is 15.2 Å². The van der Waals surface area contributed by atoms with E-state index in [1.165, 1.54) is 25.5 Å². The van der Waals surface area contributed by atoms with Crippen molar-refractivity contribution in [3.8, 4) is 5.75 Å². The number of rotatable bonds is 3. The maximum absolute atomic E-state index is 12.2. The molecule has 2 aromatic rings. The fraction of sp³-hybridized carbons (Fsp3) is 0.619. The molecule has 2 saturated heterocycles. The minimum atomic E-state index is -0.104. The van der Waals surface area contributed by atoms with Gasteiger partial charge in [-0.3, -0.25) is 4.79 Å². The van der Waals surface area contributed by atoms with Crippen LogP contribution in [0.3, 0.4) is 0 Å². The van der Waals surface area contributed by atoms with E-state index in [2.05, 4.69) is 22.0 Å². The molecule has 0 radical (unpaired) electrons. The van der Waals surface area contributed by atoms with Gasteiger partial charge >= 0.3 is 0 Å². The number of morpholine rings is 1. The summed E-state index contributed by atoms with van der Waals surface area (Å²) in [6, 6.07) is 4.20. The van der Waals surface area contributed by atoms with Crippen LogP contribution in [0.5, 0.6) is 5.75 Å². The van der Waals surface area contributed by atoms with Crippen LogP contribution in [-0.2, 0) is 11.8 Å². The Bertz CT molecular complexity index is 891. The standard InChI is InChI=1S/C21H27N3O3/c1-23-20(25)11-22-18-9-14(24-12-16-7-8-17(13-24)26-16)10-19(21(18)23)27-15-5-3-2-4-6-15/h9-11,15-17H,2-8,12-13H2,1H3. The first-order valence-corrected chi connectivity index (χ1v) is 10.2. The molecule has 0 spiro atoms. The molecule has 2 aliphatic heterocycles. The third-order valence-corrected chi connectivity index (χ3v) is 6.27. The van der Waals surface area contributed by atoms with Crippen LogP contribution in [0.25, 0.3) is 11.0 Å². The van der Waals surface area contributed by atoms with Crippen LogP contribution >= 0.6 is 0 Å². The second-order valence-electron chi connectivity index (χ2n) is 8.21. The molecule has 3 fully saturated rings. The molecule has 0 N–H and O–H groups in total. The SMILES string of the molecule is Cn1c(=O)cnc2cc(N3CC4CCC(C3)O4)cc(OC3CCCCC3)c21. The van der Waals surface area contributed by atoms with Crippen molar-refractivity contribution in [2.24, 2.45) is 7.05 Å². The van der Waals surface area contributed by atoms with Gasteiger partial charge in [0, 0.05) is 31.9 Å². The van der Waals surface area contributed by atoms with Crippen molar-refractivity contribution in [2.45, 2.75) is 63.3 Å². The first-order chi connectivity index (χ1) is 13.2. The summed E-state index contributed by atoms with van der Waals surface area (Å²) >= 11 is 0. The molecule has 1 saturated carbocycles. The van der Waals surface area contributed by atoms with E-state index in [1.807, 2.05) is 0 Å². The Balaban J connectivity index is 1.56. The predicted molar refractivity (Wildman–Crippen MR) is 105 cm³/mol. The molecule has 2 bridgehead atoms. The van der Waals surface area contributed by atoms with Crippen molar-refractivity contribution in [1.29, 1.82) is 0 Å². The number of ether oxygens (including phenoxy) is 2. The van der Waals surface area contributed by atoms with Gasteiger partial charge in [0.25, 0.3) is 5.56 Å². The van der Waals surface area contributed by atoms with Crippen LogP contribution in [0, 0.1) is 0 Å². The van der Waals surface area contributed by atoms with Crippen LogP contribution in [0.1, 0.15) is 44.9 Å². The fourth-order valence-corrected chi connectivity index (χ4v) is 4.80. The summed E-state index contributed by atoms with van der Waals surface area (Å²) in [6.07, 6.45) is 10.5. The number of hydrogen-bond acceptors (Lipinski definition) is 5. The lowest BCUT2D eigenvalue weighted by Crippen LogP contribution is -2.42. The molecular formula is C21H27N3O3. The second-order valence-corrected chi connectivity index (χ2v) is 8.21. The quantitative estimate of drug-likeness (QED) is 0.832. The van der Waals surface area contributed by atoms with Gasteiger partial charge in [0.15, 0.2) is 0 Å². The zero-order chi connectivity index (χ0) is 18.4. The molecule has 3 aliphatic rings. The normalized spacial score (nSPS) is 25.9. The van der Waals surface area contributed by atoms with E-state index in [1.54, 1.807) is 11.6 Å². The van der Waals surface area contributed by atoms with E-state index in [9.17, 15) is 4.79 Å². The summed E-state index contributed by atoms with van der Waals surface area (Å²) in [4.78, 5) is 19.0. The molecular weight excluding hydrogens is 342 g/mol. The first-order valence-electron chi connectivity index (χ1n) is 10.2. The van der Waals surface area contributed by atoms with Crippen LogP contribution in [0.4, 0.5) is 5.69 Å². The minimum absolute atomic E-state index is 0.104. The highest BCUT2D eigenvalue weighted by Crippen LogP contribution is 2.36. The molecule has 3 heterocycles. The van der Waals surface area contributed by atoms with Crippen molar-refractivity contribution >= 4 is 16.7 Å². The number of anilines is 1. The van der Waals surface area contributed by atoms with E-state index in [0.717, 1.165) is 61.2 Å². The molecule has 2 unspecified atom stereocenters. The van der Waals surface area contributed by atoms with Gasteiger partial charge in [-0.25, -0.2) is 4.98 Å². The smallest absolute Gasteiger partial charge is 0.269 e. The zero-order valence-electron chi connectivity index (χ0n) is 15.9. The Labute approximate surface area is 159 Å². The van der Waals surface area contributed by atoms with Crippen LogP contribution in [0.2, 0.25) is 0 Å². The van der Waals surface area contributed by atoms with E-state index >= 15 is 0 Å². The number of aromatic nitrogens is 2. The third-order valence-electron chi connectivity index (χ3n) is 6.27. The van der Waals surface area contributed by atoms with E-state index in [0.29, 0.717) is 12.2 Å². The number of aryl methyl sites for hydroxylation is 1. The maximum atomic E-state index is 12.2. The molecule has 1 aromatic carbocycles. The fourth-order valence-electron chi connectivity index (χ4n) is 4.80. The van der Waals surface area contributed by atoms with E-state index in [4.69, 9.17) is 9.47 Å². The average molecular weight is 369 g/mol. The van der Waals surface area contributed by atoms with Crippen molar-refractivity contribution in [2.75, 3.05) is 18.0 Å². The highest BCUT2D eigenvalue weighted by Gasteiger charge is 2.34.